The normalized spacial score (nSPS) is 15.4. The zero-order chi connectivity index (χ0) is 17.6. The Morgan fingerprint density at radius 1 is 1.28 bits per heavy atom. The smallest absolute Gasteiger partial charge is 0.198 e. The minimum absolute atomic E-state index is 0.609. The van der Waals surface area contributed by atoms with Crippen molar-refractivity contribution in [3.63, 3.8) is 0 Å². The van der Waals surface area contributed by atoms with Crippen molar-refractivity contribution in [2.24, 2.45) is 0 Å². The number of imidazole rings is 1. The molecule has 6 nitrogen and oxygen atoms in total. The number of thiocarbonyl (C=S) groups is 1. The second-order valence-electron chi connectivity index (χ2n) is 5.99. The summed E-state index contributed by atoms with van der Waals surface area (Å²) in [6.45, 7) is 0.928. The van der Waals surface area contributed by atoms with Crippen molar-refractivity contribution >= 4 is 57.0 Å². The summed E-state index contributed by atoms with van der Waals surface area (Å²) in [4.78, 5) is 13.6. The van der Waals surface area contributed by atoms with Gasteiger partial charge in [-0.05, 0) is 24.6 Å². The van der Waals surface area contributed by atoms with Gasteiger partial charge in [-0.2, -0.15) is 11.8 Å². The van der Waals surface area contributed by atoms with E-state index in [9.17, 15) is 0 Å². The first kappa shape index (κ1) is 18.7. The molecule has 0 bridgehead atoms. The minimum Gasteiger partial charge on any atom is -0.374 e. The van der Waals surface area contributed by atoms with Crippen molar-refractivity contribution in [3.8, 4) is 0 Å². The topological polar surface area (TPSA) is 67.7 Å². The van der Waals surface area contributed by atoms with Gasteiger partial charge < -0.3 is 15.2 Å². The monoisotopic (exact) mass is 396 g/mol. The van der Waals surface area contributed by atoms with E-state index in [4.69, 9.17) is 12.2 Å². The third-order valence-electron chi connectivity index (χ3n) is 4.31. The SMILES string of the molecule is CNC(=S)Sc1nc(NC)c2c(ncn2CCSC2CCCCC2)n1. The molecule has 25 heavy (non-hydrogen) atoms. The highest BCUT2D eigenvalue weighted by Gasteiger charge is 2.16. The van der Waals surface area contributed by atoms with Gasteiger partial charge in [0, 0.05) is 31.6 Å². The number of aromatic nitrogens is 4. The molecule has 1 fully saturated rings. The fourth-order valence-corrected chi connectivity index (χ4v) is 5.10. The van der Waals surface area contributed by atoms with Gasteiger partial charge in [0.2, 0.25) is 0 Å². The number of hydrogen-bond acceptors (Lipinski definition) is 7. The summed E-state index contributed by atoms with van der Waals surface area (Å²) in [6.07, 6.45) is 8.78. The van der Waals surface area contributed by atoms with Crippen molar-refractivity contribution in [3.05, 3.63) is 6.33 Å². The van der Waals surface area contributed by atoms with Gasteiger partial charge in [-0.25, -0.2) is 15.0 Å². The van der Waals surface area contributed by atoms with Gasteiger partial charge in [-0.15, -0.1) is 0 Å². The lowest BCUT2D eigenvalue weighted by molar-refractivity contribution is 0.515. The minimum atomic E-state index is 0.609. The first-order chi connectivity index (χ1) is 12.2. The molecule has 0 radical (unpaired) electrons. The Hall–Kier alpha value is -1.06. The van der Waals surface area contributed by atoms with Gasteiger partial charge >= 0.3 is 0 Å². The maximum atomic E-state index is 5.19. The van der Waals surface area contributed by atoms with E-state index >= 15 is 0 Å². The Kier molecular flexibility index (Phi) is 6.77. The number of thioether (sulfide) groups is 2. The molecule has 0 aromatic carbocycles. The molecule has 1 aliphatic rings. The van der Waals surface area contributed by atoms with Crippen molar-refractivity contribution in [1.82, 2.24) is 24.8 Å². The van der Waals surface area contributed by atoms with Crippen LogP contribution in [0.1, 0.15) is 32.1 Å². The van der Waals surface area contributed by atoms with Crippen LogP contribution in [0.2, 0.25) is 0 Å². The van der Waals surface area contributed by atoms with Gasteiger partial charge in [0.1, 0.15) is 9.84 Å². The van der Waals surface area contributed by atoms with E-state index in [0.717, 1.165) is 28.9 Å². The highest BCUT2D eigenvalue weighted by molar-refractivity contribution is 8.22. The van der Waals surface area contributed by atoms with Crippen LogP contribution in [0.3, 0.4) is 0 Å². The molecule has 2 heterocycles. The van der Waals surface area contributed by atoms with Gasteiger partial charge in [0.15, 0.2) is 16.6 Å². The van der Waals surface area contributed by atoms with Crippen molar-refractivity contribution in [1.29, 1.82) is 0 Å². The molecule has 0 atom stereocenters. The van der Waals surface area contributed by atoms with Crippen LogP contribution >= 0.6 is 35.7 Å². The fraction of sp³-hybridized carbons (Fsp3) is 0.625. The van der Waals surface area contributed by atoms with E-state index in [0.29, 0.717) is 15.1 Å². The quantitative estimate of drug-likeness (QED) is 0.437. The maximum Gasteiger partial charge on any atom is 0.198 e. The molecule has 2 aromatic rings. The molecular formula is C16H24N6S3. The van der Waals surface area contributed by atoms with E-state index in [1.807, 2.05) is 13.4 Å². The number of aryl methyl sites for hydroxylation is 1. The molecule has 0 spiro atoms. The highest BCUT2D eigenvalue weighted by atomic mass is 32.2. The Bertz CT molecular complexity index is 726. The molecule has 1 saturated carbocycles. The number of hydrogen-bond donors (Lipinski definition) is 2. The molecule has 0 unspecified atom stereocenters. The lowest BCUT2D eigenvalue weighted by Gasteiger charge is -2.21. The van der Waals surface area contributed by atoms with Crippen LogP contribution in [0.15, 0.2) is 11.5 Å². The van der Waals surface area contributed by atoms with Gasteiger partial charge in [0.25, 0.3) is 0 Å². The second-order valence-corrected chi connectivity index (χ2v) is 9.04. The summed E-state index contributed by atoms with van der Waals surface area (Å²) < 4.78 is 2.80. The van der Waals surface area contributed by atoms with Crippen LogP contribution in [0, 0.1) is 0 Å². The lowest BCUT2D eigenvalue weighted by Crippen LogP contribution is -2.12. The molecule has 0 saturated heterocycles. The Labute approximate surface area is 162 Å². The molecule has 9 heteroatoms. The molecule has 136 valence electrons. The van der Waals surface area contributed by atoms with E-state index in [1.165, 1.54) is 43.9 Å². The van der Waals surface area contributed by atoms with E-state index in [2.05, 4.69) is 41.9 Å². The van der Waals surface area contributed by atoms with Crippen LogP contribution in [0.25, 0.3) is 11.2 Å². The van der Waals surface area contributed by atoms with Crippen molar-refractivity contribution in [2.75, 3.05) is 25.2 Å². The van der Waals surface area contributed by atoms with Crippen LogP contribution in [0.5, 0.6) is 0 Å². The molecule has 2 aromatic heterocycles. The summed E-state index contributed by atoms with van der Waals surface area (Å²) in [5.74, 6) is 1.89. The average Bonchev–Trinajstić information content (AvgIpc) is 3.05. The lowest BCUT2D eigenvalue weighted by atomic mass is 10.0. The Balaban J connectivity index is 1.71. The maximum absolute atomic E-state index is 5.19. The average molecular weight is 397 g/mol. The summed E-state index contributed by atoms with van der Waals surface area (Å²) in [5.41, 5.74) is 1.68. The zero-order valence-electron chi connectivity index (χ0n) is 14.6. The summed E-state index contributed by atoms with van der Waals surface area (Å²) in [6, 6.07) is 0. The van der Waals surface area contributed by atoms with Crippen molar-refractivity contribution < 1.29 is 0 Å². The Morgan fingerprint density at radius 2 is 2.08 bits per heavy atom. The van der Waals surface area contributed by atoms with Crippen LogP contribution < -0.4 is 10.6 Å². The van der Waals surface area contributed by atoms with Gasteiger partial charge in [-0.3, -0.25) is 0 Å². The number of fused-ring (bicyclic) bond motifs is 1. The summed E-state index contributed by atoms with van der Waals surface area (Å²) >= 11 is 8.62. The van der Waals surface area contributed by atoms with Crippen molar-refractivity contribution in [2.45, 2.75) is 49.1 Å². The zero-order valence-corrected chi connectivity index (χ0v) is 17.1. The van der Waals surface area contributed by atoms with Crippen LogP contribution in [-0.2, 0) is 6.54 Å². The molecule has 1 aliphatic carbocycles. The summed E-state index contributed by atoms with van der Waals surface area (Å²) in [5, 5.41) is 7.54. The molecule has 0 amide bonds. The Morgan fingerprint density at radius 3 is 2.80 bits per heavy atom. The largest absolute Gasteiger partial charge is 0.374 e. The third kappa shape index (κ3) is 4.77. The predicted octanol–water partition coefficient (Wildman–Crippen LogP) is 3.53. The number of nitrogens with one attached hydrogen (secondary N) is 2. The fourth-order valence-electron chi connectivity index (χ4n) is 3.03. The molecule has 3 rings (SSSR count). The van der Waals surface area contributed by atoms with E-state index in [1.54, 1.807) is 7.05 Å². The number of anilines is 1. The van der Waals surface area contributed by atoms with Gasteiger partial charge in [0.05, 0.1) is 6.33 Å². The summed E-state index contributed by atoms with van der Waals surface area (Å²) in [7, 11) is 3.67. The number of rotatable bonds is 6. The van der Waals surface area contributed by atoms with E-state index in [-0.39, 0.29) is 0 Å². The third-order valence-corrected chi connectivity index (χ3v) is 6.88. The van der Waals surface area contributed by atoms with Gasteiger partial charge in [-0.1, -0.05) is 31.5 Å². The molecular weight excluding hydrogens is 372 g/mol. The first-order valence-corrected chi connectivity index (χ1v) is 10.9. The first-order valence-electron chi connectivity index (χ1n) is 8.63. The van der Waals surface area contributed by atoms with Crippen LogP contribution in [0.4, 0.5) is 5.82 Å². The number of nitrogens with zero attached hydrogens (tertiary/aromatic N) is 4. The highest BCUT2D eigenvalue weighted by Crippen LogP contribution is 2.29. The predicted molar refractivity (Wildman–Crippen MR) is 112 cm³/mol. The van der Waals surface area contributed by atoms with Crippen LogP contribution in [-0.4, -0.2) is 48.9 Å². The standard InChI is InChI=1S/C16H24N6S3/c1-17-13-12-14(21-15(20-13)25-16(23)18-2)19-10-22(12)8-9-24-11-6-4-3-5-7-11/h10-11H,3-9H2,1-2H3,(H,18,23)(H,17,20,21). The van der Waals surface area contributed by atoms with E-state index < -0.39 is 0 Å². The second kappa shape index (κ2) is 9.05. The molecule has 2 N–H and O–H groups in total. The molecule has 0 aliphatic heterocycles.